The summed E-state index contributed by atoms with van der Waals surface area (Å²) in [5, 5.41) is 0. The molecular formula is C8H15NO5S. The fourth-order valence-corrected chi connectivity index (χ4v) is 1.52. The third kappa shape index (κ3) is 5.48. The summed E-state index contributed by atoms with van der Waals surface area (Å²) >= 11 is 0. The molecule has 0 unspecified atom stereocenters. The highest BCUT2D eigenvalue weighted by Gasteiger charge is 2.21. The van der Waals surface area contributed by atoms with E-state index in [4.69, 9.17) is 0 Å². The maximum Gasteiger partial charge on any atom is 0.313 e. The Balaban J connectivity index is 4.22. The average molecular weight is 237 g/mol. The summed E-state index contributed by atoms with van der Waals surface area (Å²) in [7, 11) is -0.929. The zero-order valence-electron chi connectivity index (χ0n) is 9.02. The summed E-state index contributed by atoms with van der Waals surface area (Å²) < 4.78 is 27.9. The molecule has 0 bridgehead atoms. The molecule has 0 saturated carbocycles. The Morgan fingerprint density at radius 3 is 2.20 bits per heavy atom. The number of rotatable bonds is 6. The molecule has 0 rings (SSSR count). The van der Waals surface area contributed by atoms with Crippen molar-refractivity contribution in [1.82, 2.24) is 4.31 Å². The van der Waals surface area contributed by atoms with Crippen molar-refractivity contribution < 1.29 is 22.7 Å². The van der Waals surface area contributed by atoms with E-state index >= 15 is 0 Å². The molecule has 0 aliphatic rings. The van der Waals surface area contributed by atoms with Gasteiger partial charge in [-0.05, 0) is 6.92 Å². The van der Waals surface area contributed by atoms with E-state index in [1.54, 1.807) is 6.92 Å². The van der Waals surface area contributed by atoms with Crippen molar-refractivity contribution in [2.45, 2.75) is 13.3 Å². The number of Topliss-reactive ketones (excluding diaryl/α,β-unsaturated/α-hetero) is 1. The lowest BCUT2D eigenvalue weighted by molar-refractivity contribution is -0.145. The Hall–Kier alpha value is -0.950. The Morgan fingerprint density at radius 1 is 1.27 bits per heavy atom. The topological polar surface area (TPSA) is 80.8 Å². The third-order valence-electron chi connectivity index (χ3n) is 1.55. The molecule has 0 aliphatic heterocycles. The monoisotopic (exact) mass is 237 g/mol. The minimum atomic E-state index is -3.58. The van der Waals surface area contributed by atoms with Crippen LogP contribution >= 0.6 is 0 Å². The van der Waals surface area contributed by atoms with Gasteiger partial charge in [0, 0.05) is 14.1 Å². The van der Waals surface area contributed by atoms with Gasteiger partial charge < -0.3 is 4.74 Å². The maximum absolute atomic E-state index is 11.2. The SMILES string of the molecule is CCOC(=O)CC(=O)CS(=O)(=O)N(C)C. The number of hydrogen-bond acceptors (Lipinski definition) is 5. The van der Waals surface area contributed by atoms with Crippen molar-refractivity contribution in [3.63, 3.8) is 0 Å². The summed E-state index contributed by atoms with van der Waals surface area (Å²) in [4.78, 5) is 22.0. The molecular weight excluding hydrogens is 222 g/mol. The predicted octanol–water partition coefficient (Wildman–Crippen LogP) is -0.600. The summed E-state index contributed by atoms with van der Waals surface area (Å²) in [6, 6.07) is 0. The number of carbonyl (C=O) groups excluding carboxylic acids is 2. The van der Waals surface area contributed by atoms with Crippen LogP contribution in [-0.4, -0.2) is 50.9 Å². The lowest BCUT2D eigenvalue weighted by atomic mass is 10.3. The third-order valence-corrected chi connectivity index (χ3v) is 3.35. The first-order chi connectivity index (χ1) is 6.79. The van der Waals surface area contributed by atoms with Crippen molar-refractivity contribution >= 4 is 21.8 Å². The van der Waals surface area contributed by atoms with Crippen LogP contribution in [0.4, 0.5) is 0 Å². The minimum absolute atomic E-state index is 0.173. The van der Waals surface area contributed by atoms with Crippen molar-refractivity contribution in [1.29, 1.82) is 0 Å². The predicted molar refractivity (Wildman–Crippen MR) is 53.7 cm³/mol. The van der Waals surface area contributed by atoms with Gasteiger partial charge in [0.2, 0.25) is 10.0 Å². The number of nitrogens with zero attached hydrogens (tertiary/aromatic N) is 1. The highest BCUT2D eigenvalue weighted by molar-refractivity contribution is 7.89. The highest BCUT2D eigenvalue weighted by Crippen LogP contribution is 1.98. The molecule has 0 aromatic carbocycles. The molecule has 0 saturated heterocycles. The fraction of sp³-hybridized carbons (Fsp3) is 0.750. The number of esters is 1. The number of hydrogen-bond donors (Lipinski definition) is 0. The molecule has 0 aliphatic carbocycles. The van der Waals surface area contributed by atoms with Gasteiger partial charge in [0.1, 0.15) is 12.2 Å². The van der Waals surface area contributed by atoms with E-state index in [1.165, 1.54) is 14.1 Å². The Bertz CT molecular complexity index is 333. The number of carbonyl (C=O) groups is 2. The zero-order valence-corrected chi connectivity index (χ0v) is 9.83. The van der Waals surface area contributed by atoms with Gasteiger partial charge in [-0.15, -0.1) is 0 Å². The molecule has 0 heterocycles. The normalized spacial score (nSPS) is 11.5. The highest BCUT2D eigenvalue weighted by atomic mass is 32.2. The van der Waals surface area contributed by atoms with Gasteiger partial charge in [-0.1, -0.05) is 0 Å². The molecule has 0 aromatic heterocycles. The van der Waals surface area contributed by atoms with E-state index in [-0.39, 0.29) is 6.61 Å². The van der Waals surface area contributed by atoms with Gasteiger partial charge in [-0.25, -0.2) is 12.7 Å². The van der Waals surface area contributed by atoms with Crippen molar-refractivity contribution in [3.05, 3.63) is 0 Å². The molecule has 15 heavy (non-hydrogen) atoms. The van der Waals surface area contributed by atoms with Gasteiger partial charge >= 0.3 is 5.97 Å². The van der Waals surface area contributed by atoms with E-state index in [0.717, 1.165) is 4.31 Å². The summed E-state index contributed by atoms with van der Waals surface area (Å²) in [5.41, 5.74) is 0. The molecule has 0 spiro atoms. The number of ketones is 1. The molecule has 0 radical (unpaired) electrons. The van der Waals surface area contributed by atoms with E-state index < -0.39 is 33.9 Å². The first-order valence-corrected chi connectivity index (χ1v) is 5.98. The second-order valence-electron chi connectivity index (χ2n) is 3.06. The van der Waals surface area contributed by atoms with E-state index in [1.807, 2.05) is 0 Å². The standard InChI is InChI=1S/C8H15NO5S/c1-4-14-8(11)5-7(10)6-15(12,13)9(2)3/h4-6H2,1-3H3. The van der Waals surface area contributed by atoms with Crippen LogP contribution in [0.3, 0.4) is 0 Å². The quantitative estimate of drug-likeness (QED) is 0.455. The van der Waals surface area contributed by atoms with Crippen molar-refractivity contribution in [2.24, 2.45) is 0 Å². The summed E-state index contributed by atoms with van der Waals surface area (Å²) in [5.74, 6) is -2.03. The molecule has 0 amide bonds. The molecule has 0 aromatic rings. The van der Waals surface area contributed by atoms with Crippen LogP contribution in [0, 0.1) is 0 Å². The smallest absolute Gasteiger partial charge is 0.313 e. The van der Waals surface area contributed by atoms with Gasteiger partial charge in [-0.2, -0.15) is 0 Å². The second-order valence-corrected chi connectivity index (χ2v) is 5.24. The first kappa shape index (κ1) is 14.1. The van der Waals surface area contributed by atoms with Crippen molar-refractivity contribution in [3.8, 4) is 0 Å². The molecule has 7 heteroatoms. The van der Waals surface area contributed by atoms with Crippen molar-refractivity contribution in [2.75, 3.05) is 26.5 Å². The Kier molecular flexibility index (Phi) is 5.45. The molecule has 0 fully saturated rings. The summed E-state index contributed by atoms with van der Waals surface area (Å²) in [6.07, 6.45) is -0.499. The van der Waals surface area contributed by atoms with Crippen LogP contribution in [0.2, 0.25) is 0 Å². The van der Waals surface area contributed by atoms with Gasteiger partial charge in [0.25, 0.3) is 0 Å². The van der Waals surface area contributed by atoms with Crippen LogP contribution in [0.1, 0.15) is 13.3 Å². The zero-order chi connectivity index (χ0) is 12.1. The molecule has 88 valence electrons. The van der Waals surface area contributed by atoms with Crippen LogP contribution < -0.4 is 0 Å². The van der Waals surface area contributed by atoms with E-state index in [9.17, 15) is 18.0 Å². The Morgan fingerprint density at radius 2 is 1.80 bits per heavy atom. The number of sulfonamides is 1. The largest absolute Gasteiger partial charge is 0.466 e. The molecule has 6 nitrogen and oxygen atoms in total. The van der Waals surface area contributed by atoms with Crippen LogP contribution in [-0.2, 0) is 24.3 Å². The second kappa shape index (κ2) is 5.82. The summed E-state index contributed by atoms with van der Waals surface area (Å²) in [6.45, 7) is 1.78. The van der Waals surface area contributed by atoms with Crippen LogP contribution in [0.25, 0.3) is 0 Å². The lowest BCUT2D eigenvalue weighted by Gasteiger charge is -2.09. The number of ether oxygens (including phenoxy) is 1. The lowest BCUT2D eigenvalue weighted by Crippen LogP contribution is -2.30. The maximum atomic E-state index is 11.2. The van der Waals surface area contributed by atoms with Crippen LogP contribution in [0.15, 0.2) is 0 Å². The Labute approximate surface area is 89.3 Å². The minimum Gasteiger partial charge on any atom is -0.466 e. The van der Waals surface area contributed by atoms with Crippen LogP contribution in [0.5, 0.6) is 0 Å². The average Bonchev–Trinajstić information content (AvgIpc) is 2.02. The van der Waals surface area contributed by atoms with E-state index in [0.29, 0.717) is 0 Å². The molecule has 0 N–H and O–H groups in total. The van der Waals surface area contributed by atoms with Gasteiger partial charge in [0.15, 0.2) is 5.78 Å². The first-order valence-electron chi connectivity index (χ1n) is 4.37. The fourth-order valence-electron chi connectivity index (χ4n) is 0.757. The van der Waals surface area contributed by atoms with Gasteiger partial charge in [0.05, 0.1) is 6.61 Å². The van der Waals surface area contributed by atoms with E-state index in [2.05, 4.69) is 4.74 Å². The molecule has 0 atom stereocenters. The van der Waals surface area contributed by atoms with Gasteiger partial charge in [-0.3, -0.25) is 9.59 Å².